The molecule has 3 aromatic rings. The van der Waals surface area contributed by atoms with Crippen molar-refractivity contribution in [2.24, 2.45) is 5.41 Å². The topological polar surface area (TPSA) is 94.2 Å². The SMILES string of the molecule is CC(C)(C)C(=O)n1nc(-c2cccn(CC(F)(F)C(=O)O)c2=O)cc1CCc1ccc(Cl)s1. The molecule has 3 heterocycles. The molecule has 0 aromatic carbocycles. The summed E-state index contributed by atoms with van der Waals surface area (Å²) >= 11 is 7.41. The Bertz CT molecular complexity index is 1260. The van der Waals surface area contributed by atoms with Crippen molar-refractivity contribution in [3.8, 4) is 11.3 Å². The Hall–Kier alpha value is -2.85. The predicted molar refractivity (Wildman–Crippen MR) is 121 cm³/mol. The Morgan fingerprint density at radius 2 is 1.88 bits per heavy atom. The number of thiophene rings is 1. The summed E-state index contributed by atoms with van der Waals surface area (Å²) in [4.78, 5) is 37.6. The Kier molecular flexibility index (Phi) is 6.90. The lowest BCUT2D eigenvalue weighted by Crippen LogP contribution is -2.37. The Morgan fingerprint density at radius 3 is 2.45 bits per heavy atom. The lowest BCUT2D eigenvalue weighted by atomic mass is 9.95. The van der Waals surface area contributed by atoms with Gasteiger partial charge in [-0.3, -0.25) is 9.59 Å². The van der Waals surface area contributed by atoms with Gasteiger partial charge in [-0.2, -0.15) is 13.9 Å². The van der Waals surface area contributed by atoms with Crippen molar-refractivity contribution in [1.29, 1.82) is 0 Å². The minimum Gasteiger partial charge on any atom is -0.477 e. The summed E-state index contributed by atoms with van der Waals surface area (Å²) in [7, 11) is 0. The van der Waals surface area contributed by atoms with Gasteiger partial charge in [-0.25, -0.2) is 9.48 Å². The van der Waals surface area contributed by atoms with Crippen LogP contribution in [0.25, 0.3) is 11.3 Å². The first kappa shape index (κ1) is 24.8. The molecule has 0 spiro atoms. The van der Waals surface area contributed by atoms with Crippen LogP contribution in [0.15, 0.2) is 41.3 Å². The molecule has 0 aliphatic carbocycles. The maximum Gasteiger partial charge on any atom is 0.376 e. The number of carbonyl (C=O) groups excluding carboxylic acids is 1. The van der Waals surface area contributed by atoms with Crippen molar-refractivity contribution in [3.05, 3.63) is 61.8 Å². The second-order valence-corrected chi connectivity index (χ2v) is 10.4. The second-order valence-electron chi connectivity index (χ2n) is 8.56. The van der Waals surface area contributed by atoms with E-state index in [4.69, 9.17) is 16.7 Å². The Balaban J connectivity index is 2.02. The third-order valence-electron chi connectivity index (χ3n) is 4.85. The van der Waals surface area contributed by atoms with E-state index in [1.165, 1.54) is 28.2 Å². The number of carbonyl (C=O) groups is 2. The van der Waals surface area contributed by atoms with Crippen molar-refractivity contribution >= 4 is 34.8 Å². The molecule has 7 nitrogen and oxygen atoms in total. The molecule has 0 aliphatic heterocycles. The van der Waals surface area contributed by atoms with E-state index in [1.807, 2.05) is 6.07 Å². The standard InChI is InChI=1S/C22H22ClF2N3O4S/c1-21(2,3)19(30)28-13(6-7-14-8-9-17(23)33-14)11-16(26-28)15-5-4-10-27(18(15)29)12-22(24,25)20(31)32/h4-5,8-11H,6-7,12H2,1-3H3,(H,31,32). The van der Waals surface area contributed by atoms with Crippen LogP contribution in [0.2, 0.25) is 4.34 Å². The smallest absolute Gasteiger partial charge is 0.376 e. The molecular weight excluding hydrogens is 476 g/mol. The normalized spacial score (nSPS) is 12.2. The summed E-state index contributed by atoms with van der Waals surface area (Å²) in [5.74, 6) is -6.73. The van der Waals surface area contributed by atoms with E-state index in [0.29, 0.717) is 27.4 Å². The molecule has 0 aliphatic rings. The number of carboxylic acids is 1. The molecule has 3 rings (SSSR count). The maximum absolute atomic E-state index is 13.7. The van der Waals surface area contributed by atoms with E-state index in [1.54, 1.807) is 32.9 Å². The maximum atomic E-state index is 13.7. The van der Waals surface area contributed by atoms with Crippen LogP contribution in [-0.4, -0.2) is 37.3 Å². The van der Waals surface area contributed by atoms with E-state index in [0.717, 1.165) is 11.1 Å². The van der Waals surface area contributed by atoms with Crippen LogP contribution in [0.3, 0.4) is 0 Å². The molecule has 0 bridgehead atoms. The van der Waals surface area contributed by atoms with Gasteiger partial charge >= 0.3 is 11.9 Å². The molecule has 1 N–H and O–H groups in total. The quantitative estimate of drug-likeness (QED) is 0.514. The molecule has 0 fully saturated rings. The molecule has 0 unspecified atom stereocenters. The first-order chi connectivity index (χ1) is 15.3. The number of carboxylic acid groups (broad SMARTS) is 1. The first-order valence-electron chi connectivity index (χ1n) is 9.98. The van der Waals surface area contributed by atoms with Gasteiger partial charge in [0, 0.05) is 22.2 Å². The number of aryl methyl sites for hydroxylation is 2. The highest BCUT2D eigenvalue weighted by Crippen LogP contribution is 2.26. The zero-order chi connectivity index (χ0) is 24.6. The molecule has 176 valence electrons. The Labute approximate surface area is 197 Å². The van der Waals surface area contributed by atoms with Crippen LogP contribution in [-0.2, 0) is 24.2 Å². The predicted octanol–water partition coefficient (Wildman–Crippen LogP) is 4.62. The van der Waals surface area contributed by atoms with Crippen LogP contribution < -0.4 is 5.56 Å². The van der Waals surface area contributed by atoms with Crippen LogP contribution in [0.1, 0.15) is 36.1 Å². The third-order valence-corrected chi connectivity index (χ3v) is 6.14. The van der Waals surface area contributed by atoms with Gasteiger partial charge in [0.2, 0.25) is 0 Å². The lowest BCUT2D eigenvalue weighted by Gasteiger charge is -2.17. The number of aliphatic carboxylic acids is 1. The summed E-state index contributed by atoms with van der Waals surface area (Å²) < 4.78 is 29.9. The third kappa shape index (κ3) is 5.56. The van der Waals surface area contributed by atoms with Crippen molar-refractivity contribution in [2.45, 2.75) is 46.1 Å². The molecule has 0 atom stereocenters. The number of aromatic nitrogens is 3. The minimum atomic E-state index is -4.11. The van der Waals surface area contributed by atoms with Gasteiger partial charge in [0.05, 0.1) is 15.6 Å². The van der Waals surface area contributed by atoms with Crippen molar-refractivity contribution in [2.75, 3.05) is 0 Å². The fourth-order valence-electron chi connectivity index (χ4n) is 3.10. The Morgan fingerprint density at radius 1 is 1.18 bits per heavy atom. The van der Waals surface area contributed by atoms with Gasteiger partial charge in [-0.15, -0.1) is 11.3 Å². The number of alkyl halides is 2. The van der Waals surface area contributed by atoms with Crippen LogP contribution in [0.4, 0.5) is 8.78 Å². The number of pyridine rings is 1. The van der Waals surface area contributed by atoms with Gasteiger partial charge in [-0.1, -0.05) is 32.4 Å². The highest BCUT2D eigenvalue weighted by molar-refractivity contribution is 7.16. The highest BCUT2D eigenvalue weighted by atomic mass is 35.5. The minimum absolute atomic E-state index is 0.0143. The van der Waals surface area contributed by atoms with E-state index < -0.39 is 29.4 Å². The second kappa shape index (κ2) is 9.18. The zero-order valence-corrected chi connectivity index (χ0v) is 19.7. The van der Waals surface area contributed by atoms with Gasteiger partial charge in [0.1, 0.15) is 6.54 Å². The molecule has 11 heteroatoms. The average Bonchev–Trinajstić information content (AvgIpc) is 3.32. The number of nitrogens with zero attached hydrogens (tertiary/aromatic N) is 3. The van der Waals surface area contributed by atoms with Gasteiger partial charge in [0.15, 0.2) is 0 Å². The van der Waals surface area contributed by atoms with E-state index in [9.17, 15) is 23.2 Å². The number of hydrogen-bond donors (Lipinski definition) is 1. The van der Waals surface area contributed by atoms with Crippen molar-refractivity contribution in [1.82, 2.24) is 14.3 Å². The van der Waals surface area contributed by atoms with E-state index >= 15 is 0 Å². The molecule has 0 saturated heterocycles. The summed E-state index contributed by atoms with van der Waals surface area (Å²) in [6.45, 7) is 3.90. The molecule has 0 amide bonds. The van der Waals surface area contributed by atoms with Crippen LogP contribution in [0, 0.1) is 5.41 Å². The molecular formula is C22H22ClF2N3O4S. The summed E-state index contributed by atoms with van der Waals surface area (Å²) in [5.41, 5.74) is -0.905. The summed E-state index contributed by atoms with van der Waals surface area (Å²) in [6.07, 6.45) is 2.11. The summed E-state index contributed by atoms with van der Waals surface area (Å²) in [5, 5.41) is 13.0. The molecule has 0 radical (unpaired) electrons. The fourth-order valence-corrected chi connectivity index (χ4v) is 4.19. The van der Waals surface area contributed by atoms with Gasteiger partial charge in [0.25, 0.3) is 11.5 Å². The van der Waals surface area contributed by atoms with Gasteiger partial charge in [-0.05, 0) is 43.2 Å². The van der Waals surface area contributed by atoms with E-state index in [2.05, 4.69) is 5.10 Å². The highest BCUT2D eigenvalue weighted by Gasteiger charge is 2.39. The average molecular weight is 498 g/mol. The number of halogens is 3. The monoisotopic (exact) mass is 497 g/mol. The lowest BCUT2D eigenvalue weighted by molar-refractivity contribution is -0.166. The zero-order valence-electron chi connectivity index (χ0n) is 18.1. The summed E-state index contributed by atoms with van der Waals surface area (Å²) in [6, 6.07) is 8.00. The van der Waals surface area contributed by atoms with Crippen LogP contribution in [0.5, 0.6) is 0 Å². The number of rotatable bonds is 7. The van der Waals surface area contributed by atoms with Crippen molar-refractivity contribution in [3.63, 3.8) is 0 Å². The molecule has 0 saturated carbocycles. The fraction of sp³-hybridized carbons (Fsp3) is 0.364. The van der Waals surface area contributed by atoms with Gasteiger partial charge < -0.3 is 9.67 Å². The van der Waals surface area contributed by atoms with E-state index in [-0.39, 0.29) is 17.2 Å². The molecule has 3 aromatic heterocycles. The largest absolute Gasteiger partial charge is 0.477 e. The first-order valence-corrected chi connectivity index (χ1v) is 11.2. The van der Waals surface area contributed by atoms with Crippen molar-refractivity contribution < 1.29 is 23.5 Å². The van der Waals surface area contributed by atoms with Crippen LogP contribution >= 0.6 is 22.9 Å². The molecule has 33 heavy (non-hydrogen) atoms. The number of hydrogen-bond acceptors (Lipinski definition) is 5.